The van der Waals surface area contributed by atoms with Crippen LogP contribution in [0.4, 0.5) is 10.5 Å². The Morgan fingerprint density at radius 1 is 1.26 bits per heavy atom. The summed E-state index contributed by atoms with van der Waals surface area (Å²) in [5.74, 6) is -0.621. The predicted molar refractivity (Wildman–Crippen MR) is 102 cm³/mol. The third-order valence-corrected chi connectivity index (χ3v) is 4.88. The number of esters is 1. The lowest BCUT2D eigenvalue weighted by Gasteiger charge is -2.45. The molecular formula is C20H28N2O5. The van der Waals surface area contributed by atoms with Crippen LogP contribution in [0.15, 0.2) is 18.2 Å². The van der Waals surface area contributed by atoms with Gasteiger partial charge in [0, 0.05) is 24.6 Å². The minimum Gasteiger partial charge on any atom is -0.465 e. The molecule has 1 heterocycles. The van der Waals surface area contributed by atoms with Crippen LogP contribution in [0.2, 0.25) is 0 Å². The molecular weight excluding hydrogens is 348 g/mol. The van der Waals surface area contributed by atoms with E-state index in [1.807, 2.05) is 13.8 Å². The lowest BCUT2D eigenvalue weighted by molar-refractivity contribution is -0.117. The van der Waals surface area contributed by atoms with E-state index in [1.165, 1.54) is 14.0 Å². The molecule has 2 rings (SSSR count). The first-order chi connectivity index (χ1) is 12.7. The quantitative estimate of drug-likeness (QED) is 0.814. The molecule has 2 amide bonds. The molecule has 0 bridgehead atoms. The highest BCUT2D eigenvalue weighted by Crippen LogP contribution is 2.42. The summed E-state index contributed by atoms with van der Waals surface area (Å²) in [6.07, 6.45) is -0.0426. The van der Waals surface area contributed by atoms with E-state index in [0.29, 0.717) is 16.8 Å². The topological polar surface area (TPSA) is 84.9 Å². The van der Waals surface area contributed by atoms with Crippen LogP contribution in [0.25, 0.3) is 0 Å². The molecule has 7 nitrogen and oxygen atoms in total. The fourth-order valence-electron chi connectivity index (χ4n) is 3.73. The normalized spacial score (nSPS) is 21.4. The molecule has 1 aliphatic heterocycles. The highest BCUT2D eigenvalue weighted by Gasteiger charge is 2.40. The average molecular weight is 376 g/mol. The first-order valence-corrected chi connectivity index (χ1v) is 9.20. The minimum absolute atomic E-state index is 0.0704. The standard InChI is InChI=1S/C20H28N2O5/c1-7-16-12(4)18(21-20(25)27-11(2)3)15-10-14(19(24)26-6)8-9-17(15)22(16)13(5)23/h8-12,16,18H,7H2,1-6H3,(H,21,25)/t12-,16+,18?/m1/s1. The molecule has 0 saturated carbocycles. The van der Waals surface area contributed by atoms with Gasteiger partial charge in [-0.2, -0.15) is 0 Å². The van der Waals surface area contributed by atoms with Crippen molar-refractivity contribution in [2.75, 3.05) is 12.0 Å². The number of rotatable bonds is 4. The van der Waals surface area contributed by atoms with E-state index in [0.717, 1.165) is 6.42 Å². The second-order valence-electron chi connectivity index (χ2n) is 7.06. The van der Waals surface area contributed by atoms with Gasteiger partial charge in [0.2, 0.25) is 5.91 Å². The number of benzene rings is 1. The van der Waals surface area contributed by atoms with Crippen LogP contribution in [0.5, 0.6) is 0 Å². The van der Waals surface area contributed by atoms with Crippen molar-refractivity contribution in [2.45, 2.75) is 59.2 Å². The van der Waals surface area contributed by atoms with Crippen LogP contribution in [-0.4, -0.2) is 37.2 Å². The van der Waals surface area contributed by atoms with E-state index < -0.39 is 18.1 Å². The number of anilines is 1. The van der Waals surface area contributed by atoms with E-state index in [9.17, 15) is 14.4 Å². The molecule has 0 fully saturated rings. The summed E-state index contributed by atoms with van der Waals surface area (Å²) in [5.41, 5.74) is 1.76. The van der Waals surface area contributed by atoms with Gasteiger partial charge < -0.3 is 19.7 Å². The Hall–Kier alpha value is -2.57. The molecule has 0 aromatic heterocycles. The van der Waals surface area contributed by atoms with Gasteiger partial charge in [0.15, 0.2) is 0 Å². The van der Waals surface area contributed by atoms with Gasteiger partial charge in [-0.25, -0.2) is 9.59 Å². The number of methoxy groups -OCH3 is 1. The van der Waals surface area contributed by atoms with Crippen LogP contribution in [0.3, 0.4) is 0 Å². The third-order valence-electron chi connectivity index (χ3n) is 4.88. The molecule has 0 spiro atoms. The molecule has 148 valence electrons. The Balaban J connectivity index is 2.55. The zero-order valence-electron chi connectivity index (χ0n) is 16.7. The van der Waals surface area contributed by atoms with Gasteiger partial charge in [-0.05, 0) is 44.0 Å². The number of amides is 2. The Labute approximate surface area is 160 Å². The summed E-state index contributed by atoms with van der Waals surface area (Å²) >= 11 is 0. The number of carbonyl (C=O) groups is 3. The number of nitrogens with zero attached hydrogens (tertiary/aromatic N) is 1. The zero-order valence-corrected chi connectivity index (χ0v) is 16.7. The molecule has 1 aromatic carbocycles. The van der Waals surface area contributed by atoms with E-state index in [4.69, 9.17) is 9.47 Å². The number of ether oxygens (including phenoxy) is 2. The Kier molecular flexibility index (Phi) is 6.46. The van der Waals surface area contributed by atoms with Gasteiger partial charge >= 0.3 is 12.1 Å². The fourth-order valence-corrected chi connectivity index (χ4v) is 3.73. The van der Waals surface area contributed by atoms with Crippen molar-refractivity contribution >= 4 is 23.7 Å². The Morgan fingerprint density at radius 3 is 2.44 bits per heavy atom. The first-order valence-electron chi connectivity index (χ1n) is 9.20. The summed E-state index contributed by atoms with van der Waals surface area (Å²) in [5, 5.41) is 2.91. The van der Waals surface area contributed by atoms with Crippen molar-refractivity contribution < 1.29 is 23.9 Å². The maximum atomic E-state index is 12.3. The van der Waals surface area contributed by atoms with Crippen molar-refractivity contribution in [3.63, 3.8) is 0 Å². The molecule has 1 aromatic rings. The second kappa shape index (κ2) is 8.41. The van der Waals surface area contributed by atoms with Crippen molar-refractivity contribution in [1.82, 2.24) is 5.32 Å². The summed E-state index contributed by atoms with van der Waals surface area (Å²) in [4.78, 5) is 38.3. The van der Waals surface area contributed by atoms with E-state index >= 15 is 0 Å². The lowest BCUT2D eigenvalue weighted by atomic mass is 9.80. The number of nitrogens with one attached hydrogen (secondary N) is 1. The minimum atomic E-state index is -0.526. The molecule has 7 heteroatoms. The maximum Gasteiger partial charge on any atom is 0.407 e. The summed E-state index contributed by atoms with van der Waals surface area (Å²) < 4.78 is 10.0. The molecule has 27 heavy (non-hydrogen) atoms. The summed E-state index contributed by atoms with van der Waals surface area (Å²) in [6.45, 7) is 9.07. The molecule has 1 unspecified atom stereocenters. The van der Waals surface area contributed by atoms with Crippen molar-refractivity contribution in [2.24, 2.45) is 5.92 Å². The molecule has 0 radical (unpaired) electrons. The highest BCUT2D eigenvalue weighted by atomic mass is 16.6. The van der Waals surface area contributed by atoms with E-state index in [-0.39, 0.29) is 24.0 Å². The number of hydrogen-bond donors (Lipinski definition) is 1. The third kappa shape index (κ3) is 4.23. The van der Waals surface area contributed by atoms with Crippen LogP contribution in [0, 0.1) is 5.92 Å². The van der Waals surface area contributed by atoms with Crippen LogP contribution < -0.4 is 10.2 Å². The fraction of sp³-hybridized carbons (Fsp3) is 0.550. The largest absolute Gasteiger partial charge is 0.465 e. The van der Waals surface area contributed by atoms with Crippen molar-refractivity contribution in [3.8, 4) is 0 Å². The maximum absolute atomic E-state index is 12.3. The zero-order chi connectivity index (χ0) is 20.3. The van der Waals surface area contributed by atoms with Crippen LogP contribution >= 0.6 is 0 Å². The second-order valence-corrected chi connectivity index (χ2v) is 7.06. The molecule has 3 atom stereocenters. The van der Waals surface area contributed by atoms with Gasteiger partial charge in [-0.3, -0.25) is 4.79 Å². The summed E-state index contributed by atoms with van der Waals surface area (Å²) in [7, 11) is 1.31. The smallest absolute Gasteiger partial charge is 0.407 e. The lowest BCUT2D eigenvalue weighted by Crippen LogP contribution is -2.52. The van der Waals surface area contributed by atoms with Gasteiger partial charge in [0.25, 0.3) is 0 Å². The van der Waals surface area contributed by atoms with Gasteiger partial charge in [0.05, 0.1) is 24.8 Å². The Bertz CT molecular complexity index is 731. The van der Waals surface area contributed by atoms with Gasteiger partial charge in [-0.1, -0.05) is 13.8 Å². The molecule has 1 aliphatic rings. The van der Waals surface area contributed by atoms with E-state index in [2.05, 4.69) is 5.32 Å². The number of hydrogen-bond acceptors (Lipinski definition) is 5. The van der Waals surface area contributed by atoms with Crippen LogP contribution in [-0.2, 0) is 14.3 Å². The molecule has 1 N–H and O–H groups in total. The van der Waals surface area contributed by atoms with Gasteiger partial charge in [0.1, 0.15) is 0 Å². The SMILES string of the molecule is CC[C@H]1[C@@H](C)C(NC(=O)OC(C)C)c2cc(C(=O)OC)ccc2N1C(C)=O. The number of alkyl carbamates (subject to hydrolysis) is 1. The Morgan fingerprint density at radius 2 is 1.93 bits per heavy atom. The first kappa shape index (κ1) is 20.7. The molecule has 0 saturated heterocycles. The van der Waals surface area contributed by atoms with Crippen molar-refractivity contribution in [1.29, 1.82) is 0 Å². The van der Waals surface area contributed by atoms with E-state index in [1.54, 1.807) is 36.9 Å². The predicted octanol–water partition coefficient (Wildman–Crippen LogP) is 3.43. The molecule has 0 aliphatic carbocycles. The monoisotopic (exact) mass is 376 g/mol. The van der Waals surface area contributed by atoms with Crippen molar-refractivity contribution in [3.05, 3.63) is 29.3 Å². The highest BCUT2D eigenvalue weighted by molar-refractivity contribution is 5.96. The number of fused-ring (bicyclic) bond motifs is 1. The van der Waals surface area contributed by atoms with Gasteiger partial charge in [-0.15, -0.1) is 0 Å². The summed E-state index contributed by atoms with van der Waals surface area (Å²) in [6, 6.07) is 4.58. The van der Waals surface area contributed by atoms with Crippen LogP contribution in [0.1, 0.15) is 63.0 Å². The average Bonchev–Trinajstić information content (AvgIpc) is 2.61. The number of carbonyl (C=O) groups excluding carboxylic acids is 3.